The highest BCUT2D eigenvalue weighted by molar-refractivity contribution is 7.98. The maximum atomic E-state index is 14.4. The summed E-state index contributed by atoms with van der Waals surface area (Å²) in [7, 11) is 0. The van der Waals surface area contributed by atoms with Crippen molar-refractivity contribution in [3.63, 3.8) is 0 Å². The molecule has 7 nitrogen and oxygen atoms in total. The summed E-state index contributed by atoms with van der Waals surface area (Å²) in [4.78, 5) is 17.1. The number of rotatable bonds is 6. The Morgan fingerprint density at radius 2 is 1.94 bits per heavy atom. The van der Waals surface area contributed by atoms with E-state index >= 15 is 0 Å². The first-order chi connectivity index (χ1) is 15.0. The molecule has 0 aliphatic rings. The Labute approximate surface area is 180 Å². The van der Waals surface area contributed by atoms with Gasteiger partial charge >= 0.3 is 0 Å². The summed E-state index contributed by atoms with van der Waals surface area (Å²) in [5.41, 5.74) is 1.70. The van der Waals surface area contributed by atoms with Crippen LogP contribution in [0.25, 0.3) is 5.69 Å². The third-order valence-corrected chi connectivity index (χ3v) is 5.45. The summed E-state index contributed by atoms with van der Waals surface area (Å²) in [6.07, 6.45) is 1.57. The first-order valence-corrected chi connectivity index (χ1v) is 10.2. The zero-order valence-electron chi connectivity index (χ0n) is 16.3. The molecule has 0 aliphatic carbocycles. The highest BCUT2D eigenvalue weighted by Gasteiger charge is 2.16. The number of aromatic nitrogens is 5. The van der Waals surface area contributed by atoms with E-state index in [2.05, 4.69) is 25.8 Å². The van der Waals surface area contributed by atoms with Crippen molar-refractivity contribution in [3.05, 3.63) is 89.4 Å². The molecule has 31 heavy (non-hydrogen) atoms. The molecule has 0 saturated heterocycles. The second-order valence-corrected chi connectivity index (χ2v) is 7.49. The van der Waals surface area contributed by atoms with E-state index < -0.39 is 11.7 Å². The van der Waals surface area contributed by atoms with Gasteiger partial charge in [-0.2, -0.15) is 4.68 Å². The number of hydrogen-bond donors (Lipinski definition) is 1. The van der Waals surface area contributed by atoms with E-state index in [1.807, 2.05) is 0 Å². The van der Waals surface area contributed by atoms with Crippen LogP contribution < -0.4 is 5.32 Å². The standard InChI is InChI=1S/C21H16F2N6OS/c1-13-26-27-28-29(13)16-8-9-18(23)19(11-16)25-20(30)17-3-2-10-24-21(17)31-12-14-4-6-15(22)7-5-14/h2-11H,12H2,1H3,(H,25,30). The van der Waals surface area contributed by atoms with E-state index in [1.165, 1.54) is 46.8 Å². The molecule has 1 N–H and O–H groups in total. The summed E-state index contributed by atoms with van der Waals surface area (Å²) in [6.45, 7) is 1.71. The molecule has 1 amide bonds. The lowest BCUT2D eigenvalue weighted by Crippen LogP contribution is -2.15. The second kappa shape index (κ2) is 9.00. The van der Waals surface area contributed by atoms with Gasteiger partial charge in [0.1, 0.15) is 16.7 Å². The topological polar surface area (TPSA) is 85.6 Å². The Balaban J connectivity index is 1.54. The number of hydrogen-bond acceptors (Lipinski definition) is 6. The Kier molecular flexibility index (Phi) is 5.99. The number of aryl methyl sites for hydroxylation is 1. The lowest BCUT2D eigenvalue weighted by molar-refractivity contribution is 0.102. The molecular weight excluding hydrogens is 422 g/mol. The van der Waals surface area contributed by atoms with Gasteiger partial charge in [-0.3, -0.25) is 4.79 Å². The third kappa shape index (κ3) is 4.75. The average molecular weight is 438 g/mol. The fourth-order valence-electron chi connectivity index (χ4n) is 2.81. The van der Waals surface area contributed by atoms with Crippen LogP contribution in [-0.4, -0.2) is 31.1 Å². The van der Waals surface area contributed by atoms with Crippen LogP contribution in [0.1, 0.15) is 21.7 Å². The number of benzene rings is 2. The molecule has 4 aromatic rings. The molecule has 0 unspecified atom stereocenters. The quantitative estimate of drug-likeness (QED) is 0.455. The van der Waals surface area contributed by atoms with Crippen LogP contribution in [-0.2, 0) is 5.75 Å². The molecule has 2 aromatic carbocycles. The highest BCUT2D eigenvalue weighted by Crippen LogP contribution is 2.26. The van der Waals surface area contributed by atoms with Crippen LogP contribution in [0.5, 0.6) is 0 Å². The molecule has 0 fully saturated rings. The number of halogens is 2. The van der Waals surface area contributed by atoms with Gasteiger partial charge in [-0.1, -0.05) is 12.1 Å². The molecular formula is C21H16F2N6OS. The maximum absolute atomic E-state index is 14.4. The van der Waals surface area contributed by atoms with Crippen molar-refractivity contribution in [3.8, 4) is 5.69 Å². The van der Waals surface area contributed by atoms with E-state index in [0.717, 1.165) is 5.56 Å². The summed E-state index contributed by atoms with van der Waals surface area (Å²) in [5.74, 6) is -0.380. The minimum atomic E-state index is -0.591. The number of nitrogens with one attached hydrogen (secondary N) is 1. The first kappa shape index (κ1) is 20.6. The van der Waals surface area contributed by atoms with E-state index in [9.17, 15) is 13.6 Å². The molecule has 0 atom stereocenters. The Morgan fingerprint density at radius 3 is 2.68 bits per heavy atom. The molecule has 0 aliphatic heterocycles. The van der Waals surface area contributed by atoms with Gasteiger partial charge in [-0.15, -0.1) is 16.9 Å². The van der Waals surface area contributed by atoms with Gasteiger partial charge in [0.2, 0.25) is 0 Å². The third-order valence-electron chi connectivity index (χ3n) is 4.37. The van der Waals surface area contributed by atoms with Crippen molar-refractivity contribution in [2.75, 3.05) is 5.32 Å². The van der Waals surface area contributed by atoms with Gasteiger partial charge in [0.25, 0.3) is 5.91 Å². The van der Waals surface area contributed by atoms with E-state index in [4.69, 9.17) is 0 Å². The van der Waals surface area contributed by atoms with Crippen LogP contribution >= 0.6 is 11.8 Å². The zero-order valence-corrected chi connectivity index (χ0v) is 17.1. The number of amides is 1. The summed E-state index contributed by atoms with van der Waals surface area (Å²) < 4.78 is 28.9. The van der Waals surface area contributed by atoms with Gasteiger partial charge in [0.05, 0.1) is 16.9 Å². The highest BCUT2D eigenvalue weighted by atomic mass is 32.2. The Morgan fingerprint density at radius 1 is 1.13 bits per heavy atom. The molecule has 0 radical (unpaired) electrons. The minimum Gasteiger partial charge on any atom is -0.319 e. The lowest BCUT2D eigenvalue weighted by Gasteiger charge is -2.11. The van der Waals surface area contributed by atoms with Crippen LogP contribution in [0.15, 0.2) is 65.8 Å². The molecule has 0 spiro atoms. The maximum Gasteiger partial charge on any atom is 0.258 e. The van der Waals surface area contributed by atoms with Crippen molar-refractivity contribution in [2.24, 2.45) is 0 Å². The van der Waals surface area contributed by atoms with Crippen molar-refractivity contribution < 1.29 is 13.6 Å². The largest absolute Gasteiger partial charge is 0.319 e. The van der Waals surface area contributed by atoms with Gasteiger partial charge in [0.15, 0.2) is 5.82 Å². The lowest BCUT2D eigenvalue weighted by atomic mass is 10.2. The number of thioether (sulfide) groups is 1. The van der Waals surface area contributed by atoms with Gasteiger partial charge in [-0.25, -0.2) is 13.8 Å². The van der Waals surface area contributed by atoms with Crippen LogP contribution in [0.3, 0.4) is 0 Å². The number of nitrogens with zero attached hydrogens (tertiary/aromatic N) is 5. The molecule has 0 saturated carbocycles. The van der Waals surface area contributed by atoms with Crippen molar-refractivity contribution in [2.45, 2.75) is 17.7 Å². The fraction of sp³-hybridized carbons (Fsp3) is 0.0952. The Bertz CT molecular complexity index is 1230. The smallest absolute Gasteiger partial charge is 0.258 e. The summed E-state index contributed by atoms with van der Waals surface area (Å²) in [6, 6.07) is 13.6. The van der Waals surface area contributed by atoms with Crippen molar-refractivity contribution >= 4 is 23.4 Å². The van der Waals surface area contributed by atoms with Crippen molar-refractivity contribution in [1.82, 2.24) is 25.2 Å². The number of carbonyl (C=O) groups is 1. The van der Waals surface area contributed by atoms with Gasteiger partial charge in [-0.05, 0) is 65.4 Å². The van der Waals surface area contributed by atoms with Crippen LogP contribution in [0.4, 0.5) is 14.5 Å². The summed E-state index contributed by atoms with van der Waals surface area (Å²) in [5, 5.41) is 14.3. The number of carbonyl (C=O) groups excluding carboxylic acids is 1. The molecule has 2 heterocycles. The van der Waals surface area contributed by atoms with Crippen LogP contribution in [0.2, 0.25) is 0 Å². The molecule has 10 heteroatoms. The molecule has 156 valence electrons. The number of anilines is 1. The van der Waals surface area contributed by atoms with E-state index in [-0.39, 0.29) is 11.5 Å². The second-order valence-electron chi connectivity index (χ2n) is 6.53. The van der Waals surface area contributed by atoms with Crippen LogP contribution in [0, 0.1) is 18.6 Å². The molecule has 0 bridgehead atoms. The summed E-state index contributed by atoms with van der Waals surface area (Å²) >= 11 is 1.33. The Hall–Kier alpha value is -3.66. The zero-order chi connectivity index (χ0) is 21.8. The number of tetrazole rings is 1. The monoisotopic (exact) mass is 438 g/mol. The van der Waals surface area contributed by atoms with E-state index in [1.54, 1.807) is 37.4 Å². The average Bonchev–Trinajstić information content (AvgIpc) is 3.21. The van der Waals surface area contributed by atoms with Gasteiger partial charge in [0, 0.05) is 11.9 Å². The predicted molar refractivity (Wildman–Crippen MR) is 112 cm³/mol. The van der Waals surface area contributed by atoms with Gasteiger partial charge < -0.3 is 5.32 Å². The normalized spacial score (nSPS) is 10.8. The first-order valence-electron chi connectivity index (χ1n) is 9.20. The molecule has 2 aromatic heterocycles. The fourth-order valence-corrected chi connectivity index (χ4v) is 3.76. The van der Waals surface area contributed by atoms with Crippen molar-refractivity contribution in [1.29, 1.82) is 0 Å². The predicted octanol–water partition coefficient (Wildman–Crippen LogP) is 4.19. The SMILES string of the molecule is Cc1nnnn1-c1ccc(F)c(NC(=O)c2cccnc2SCc2ccc(F)cc2)c1. The molecule has 4 rings (SSSR count). The minimum absolute atomic E-state index is 0.00395. The number of pyridine rings is 1. The van der Waals surface area contributed by atoms with E-state index in [0.29, 0.717) is 27.9 Å².